The maximum Gasteiger partial charge on any atom is 0.0664 e. The summed E-state index contributed by atoms with van der Waals surface area (Å²) in [5.41, 5.74) is 7.71. The van der Waals surface area contributed by atoms with Gasteiger partial charge < -0.3 is 9.26 Å². The number of rotatable bonds is 2. The first kappa shape index (κ1) is 10.1. The lowest BCUT2D eigenvalue weighted by atomic mass is 10.1. The monoisotopic (exact) mass is 296 g/mol. The lowest BCUT2D eigenvalue weighted by Crippen LogP contribution is -2.06. The molecule has 1 rings (SSSR count). The van der Waals surface area contributed by atoms with Crippen LogP contribution in [0.4, 0.5) is 5.69 Å². The molecule has 1 atom stereocenters. The highest BCUT2D eigenvalue weighted by Crippen LogP contribution is 2.30. The molecule has 1 unspecified atom stereocenters. The number of hydrogen-bond donors (Lipinski definition) is 2. The Hall–Kier alpha value is 0. The first-order valence-corrected chi connectivity index (χ1v) is 5.03. The first-order chi connectivity index (χ1) is 5.66. The van der Waals surface area contributed by atoms with E-state index < -0.39 is 0 Å². The predicted molar refractivity (Wildman–Crippen MR) is 61.7 cm³/mol. The molecule has 4 heteroatoms. The number of para-hydroxylation sites is 1. The van der Waals surface area contributed by atoms with Crippen molar-refractivity contribution in [3.05, 3.63) is 28.8 Å². The van der Waals surface area contributed by atoms with Gasteiger partial charge in [-0.1, -0.05) is 23.7 Å². The minimum absolute atomic E-state index is 0.000894. The van der Waals surface area contributed by atoms with E-state index in [1.807, 2.05) is 48.0 Å². The second-order valence-corrected chi connectivity index (χ2v) is 3.53. The maximum absolute atomic E-state index is 5.95. The van der Waals surface area contributed by atoms with Crippen LogP contribution in [0, 0.1) is 0 Å². The minimum atomic E-state index is 0.000894. The Morgan fingerprint density at radius 1 is 1.58 bits per heavy atom. The van der Waals surface area contributed by atoms with Crippen molar-refractivity contribution in [3.8, 4) is 0 Å². The normalized spacial score (nSPS) is 12.7. The summed E-state index contributed by atoms with van der Waals surface area (Å²) < 4.78 is 3.00. The quantitative estimate of drug-likeness (QED) is 0.650. The average Bonchev–Trinajstić information content (AvgIpc) is 2.03. The van der Waals surface area contributed by atoms with E-state index in [4.69, 9.17) is 17.3 Å². The summed E-state index contributed by atoms with van der Waals surface area (Å²) in [7, 11) is 0. The van der Waals surface area contributed by atoms with Crippen LogP contribution in [0.3, 0.4) is 0 Å². The van der Waals surface area contributed by atoms with Crippen molar-refractivity contribution in [1.29, 1.82) is 0 Å². The zero-order chi connectivity index (χ0) is 9.14. The van der Waals surface area contributed by atoms with Crippen molar-refractivity contribution in [2.45, 2.75) is 13.0 Å². The molecule has 0 aliphatic rings. The fourth-order valence-corrected chi connectivity index (χ4v) is 2.01. The lowest BCUT2D eigenvalue weighted by Gasteiger charge is -2.12. The highest BCUT2D eigenvalue weighted by Gasteiger charge is 2.08. The summed E-state index contributed by atoms with van der Waals surface area (Å²) in [6.45, 7) is 1.93. The zero-order valence-electron chi connectivity index (χ0n) is 6.64. The molecule has 0 amide bonds. The standard InChI is InChI=1S/C8H10ClIN2/c1-5(11)6-3-2-4-7(9)8(6)12-10/h2-5,12H,11H2,1H3. The van der Waals surface area contributed by atoms with Gasteiger partial charge in [0.25, 0.3) is 0 Å². The predicted octanol–water partition coefficient (Wildman–Crippen LogP) is 3.12. The van der Waals surface area contributed by atoms with Crippen molar-refractivity contribution in [2.24, 2.45) is 5.73 Å². The molecule has 0 heterocycles. The smallest absolute Gasteiger partial charge is 0.0664 e. The van der Waals surface area contributed by atoms with Crippen LogP contribution in [0.25, 0.3) is 0 Å². The summed E-state index contributed by atoms with van der Waals surface area (Å²) in [4.78, 5) is 0. The summed E-state index contributed by atoms with van der Waals surface area (Å²) in [5.74, 6) is 0. The summed E-state index contributed by atoms with van der Waals surface area (Å²) in [6, 6.07) is 5.71. The fourth-order valence-electron chi connectivity index (χ4n) is 1.02. The Labute approximate surface area is 91.0 Å². The molecule has 0 aliphatic heterocycles. The molecule has 0 spiro atoms. The third kappa shape index (κ3) is 2.02. The molecule has 0 saturated heterocycles. The van der Waals surface area contributed by atoms with Gasteiger partial charge in [0.1, 0.15) is 0 Å². The van der Waals surface area contributed by atoms with Gasteiger partial charge in [0.05, 0.1) is 33.6 Å². The van der Waals surface area contributed by atoms with E-state index in [1.54, 1.807) is 0 Å². The third-order valence-electron chi connectivity index (χ3n) is 1.63. The molecular weight excluding hydrogens is 286 g/mol. The van der Waals surface area contributed by atoms with E-state index >= 15 is 0 Å². The van der Waals surface area contributed by atoms with E-state index in [1.165, 1.54) is 0 Å². The number of anilines is 1. The molecule has 0 bridgehead atoms. The largest absolute Gasteiger partial charge is 0.327 e. The Bertz CT molecular complexity index is 276. The molecule has 12 heavy (non-hydrogen) atoms. The van der Waals surface area contributed by atoms with Crippen LogP contribution in [0.1, 0.15) is 18.5 Å². The summed E-state index contributed by atoms with van der Waals surface area (Å²) in [6.07, 6.45) is 0. The van der Waals surface area contributed by atoms with Gasteiger partial charge in [0.2, 0.25) is 0 Å². The highest BCUT2D eigenvalue weighted by atomic mass is 127. The van der Waals surface area contributed by atoms with Gasteiger partial charge in [0.15, 0.2) is 0 Å². The van der Waals surface area contributed by atoms with Crippen LogP contribution in [-0.2, 0) is 0 Å². The second kappa shape index (κ2) is 4.30. The Morgan fingerprint density at radius 3 is 2.67 bits per heavy atom. The van der Waals surface area contributed by atoms with Gasteiger partial charge in [-0.2, -0.15) is 0 Å². The number of halogens is 2. The van der Waals surface area contributed by atoms with Crippen LogP contribution < -0.4 is 9.26 Å². The van der Waals surface area contributed by atoms with Gasteiger partial charge >= 0.3 is 0 Å². The summed E-state index contributed by atoms with van der Waals surface area (Å²) >= 11 is 8.00. The van der Waals surface area contributed by atoms with Crippen molar-refractivity contribution in [2.75, 3.05) is 3.53 Å². The molecule has 0 aliphatic carbocycles. The molecule has 1 aromatic rings. The van der Waals surface area contributed by atoms with E-state index in [2.05, 4.69) is 3.53 Å². The van der Waals surface area contributed by atoms with Gasteiger partial charge in [-0.05, 0) is 18.6 Å². The van der Waals surface area contributed by atoms with Crippen LogP contribution >= 0.6 is 34.5 Å². The third-order valence-corrected chi connectivity index (χ3v) is 2.49. The van der Waals surface area contributed by atoms with Gasteiger partial charge in [-0.15, -0.1) is 0 Å². The first-order valence-electron chi connectivity index (χ1n) is 3.57. The van der Waals surface area contributed by atoms with Crippen LogP contribution in [0.2, 0.25) is 5.02 Å². The molecule has 3 N–H and O–H groups in total. The van der Waals surface area contributed by atoms with E-state index in [0.717, 1.165) is 11.3 Å². The topological polar surface area (TPSA) is 38.0 Å². The summed E-state index contributed by atoms with van der Waals surface area (Å²) in [5, 5.41) is 0.708. The molecular formula is C8H10ClIN2. The molecule has 0 fully saturated rings. The fraction of sp³-hybridized carbons (Fsp3) is 0.250. The average molecular weight is 297 g/mol. The SMILES string of the molecule is CC(N)c1cccc(Cl)c1NI. The van der Waals surface area contributed by atoms with Crippen LogP contribution in [-0.4, -0.2) is 0 Å². The molecule has 2 nitrogen and oxygen atoms in total. The van der Waals surface area contributed by atoms with Crippen LogP contribution in [0.15, 0.2) is 18.2 Å². The van der Waals surface area contributed by atoms with Gasteiger partial charge in [-0.25, -0.2) is 0 Å². The van der Waals surface area contributed by atoms with Gasteiger partial charge in [-0.3, -0.25) is 0 Å². The lowest BCUT2D eigenvalue weighted by molar-refractivity contribution is 0.821. The van der Waals surface area contributed by atoms with Crippen LogP contribution in [0.5, 0.6) is 0 Å². The molecule has 66 valence electrons. The number of nitrogens with two attached hydrogens (primary N) is 1. The number of nitrogens with one attached hydrogen (secondary N) is 1. The number of benzene rings is 1. The zero-order valence-corrected chi connectivity index (χ0v) is 9.56. The Balaban J connectivity index is 3.18. The number of hydrogen-bond acceptors (Lipinski definition) is 2. The van der Waals surface area contributed by atoms with Crippen molar-refractivity contribution >= 4 is 40.2 Å². The Morgan fingerprint density at radius 2 is 2.25 bits per heavy atom. The Kier molecular flexibility index (Phi) is 3.61. The van der Waals surface area contributed by atoms with E-state index in [-0.39, 0.29) is 6.04 Å². The van der Waals surface area contributed by atoms with Crippen molar-refractivity contribution < 1.29 is 0 Å². The van der Waals surface area contributed by atoms with E-state index in [0.29, 0.717) is 5.02 Å². The molecule has 0 aromatic heterocycles. The van der Waals surface area contributed by atoms with Gasteiger partial charge in [0, 0.05) is 6.04 Å². The van der Waals surface area contributed by atoms with Crippen molar-refractivity contribution in [3.63, 3.8) is 0 Å². The maximum atomic E-state index is 5.95. The minimum Gasteiger partial charge on any atom is -0.327 e. The molecule has 0 saturated carbocycles. The van der Waals surface area contributed by atoms with E-state index in [9.17, 15) is 0 Å². The highest BCUT2D eigenvalue weighted by molar-refractivity contribution is 14.1. The second-order valence-electron chi connectivity index (χ2n) is 2.59. The molecule has 1 aromatic carbocycles. The van der Waals surface area contributed by atoms with Crippen molar-refractivity contribution in [1.82, 2.24) is 0 Å². The molecule has 0 radical (unpaired) electrons.